The molecule has 2 heterocycles. The van der Waals surface area contributed by atoms with Crippen molar-refractivity contribution in [3.8, 4) is 0 Å². The van der Waals surface area contributed by atoms with Gasteiger partial charge in [-0.05, 0) is 31.1 Å². The Morgan fingerprint density at radius 3 is 2.74 bits per heavy atom. The minimum atomic E-state index is 0. The van der Waals surface area contributed by atoms with Gasteiger partial charge in [0.1, 0.15) is 0 Å². The molecule has 1 saturated heterocycles. The molecule has 2 aliphatic rings. The monoisotopic (exact) mass is 431 g/mol. The van der Waals surface area contributed by atoms with Gasteiger partial charge in [0, 0.05) is 38.1 Å². The zero-order chi connectivity index (χ0) is 15.7. The van der Waals surface area contributed by atoms with Gasteiger partial charge in [0.15, 0.2) is 5.96 Å². The maximum absolute atomic E-state index is 4.74. The Labute approximate surface area is 157 Å². The molecule has 2 fully saturated rings. The van der Waals surface area contributed by atoms with Gasteiger partial charge in [-0.2, -0.15) is 0 Å². The molecule has 1 aromatic rings. The third-order valence-electron chi connectivity index (χ3n) is 5.25. The minimum absolute atomic E-state index is 0. The number of piperidine rings is 1. The number of likely N-dealkylation sites (tertiary alicyclic amines) is 1. The summed E-state index contributed by atoms with van der Waals surface area (Å²) in [6.07, 6.45) is 8.33. The molecule has 1 aliphatic heterocycles. The lowest BCUT2D eigenvalue weighted by Gasteiger charge is -2.39. The summed E-state index contributed by atoms with van der Waals surface area (Å²) in [6, 6.07) is 1.05. The highest BCUT2D eigenvalue weighted by atomic mass is 127. The van der Waals surface area contributed by atoms with Gasteiger partial charge in [-0.25, -0.2) is 4.98 Å². The maximum Gasteiger partial charge on any atom is 0.194 e. The van der Waals surface area contributed by atoms with Crippen LogP contribution in [-0.4, -0.2) is 46.1 Å². The van der Waals surface area contributed by atoms with Crippen LogP contribution in [0.15, 0.2) is 23.7 Å². The third kappa shape index (κ3) is 4.19. The van der Waals surface area contributed by atoms with Crippen molar-refractivity contribution in [2.75, 3.05) is 19.6 Å². The fraction of sp³-hybridized carbons (Fsp3) is 0.765. The van der Waals surface area contributed by atoms with E-state index in [9.17, 15) is 0 Å². The molecule has 130 valence electrons. The van der Waals surface area contributed by atoms with Crippen molar-refractivity contribution in [2.45, 2.75) is 52.6 Å². The number of nitrogens with one attached hydrogen (secondary N) is 1. The highest BCUT2D eigenvalue weighted by Crippen LogP contribution is 2.44. The minimum Gasteiger partial charge on any atom is -0.353 e. The van der Waals surface area contributed by atoms with Gasteiger partial charge in [-0.3, -0.25) is 4.99 Å². The predicted octanol–water partition coefficient (Wildman–Crippen LogP) is 3.15. The molecule has 0 aromatic carbocycles. The predicted molar refractivity (Wildman–Crippen MR) is 105 cm³/mol. The van der Waals surface area contributed by atoms with Crippen LogP contribution in [0.1, 0.15) is 46.6 Å². The number of aromatic nitrogens is 2. The van der Waals surface area contributed by atoms with Crippen LogP contribution in [0, 0.1) is 11.3 Å². The average Bonchev–Trinajstić information content (AvgIpc) is 2.91. The first-order chi connectivity index (χ1) is 10.5. The number of nitrogens with zero attached hydrogens (tertiary/aromatic N) is 4. The second-order valence-corrected chi connectivity index (χ2v) is 7.48. The lowest BCUT2D eigenvalue weighted by atomic mass is 9.93. The van der Waals surface area contributed by atoms with E-state index in [0.29, 0.717) is 23.4 Å². The molecular formula is C17H30IN5. The van der Waals surface area contributed by atoms with E-state index in [-0.39, 0.29) is 24.0 Å². The molecule has 1 saturated carbocycles. The molecule has 1 aromatic heterocycles. The van der Waals surface area contributed by atoms with Gasteiger partial charge in [-0.15, -0.1) is 24.0 Å². The topological polar surface area (TPSA) is 45.5 Å². The molecule has 3 unspecified atom stereocenters. The van der Waals surface area contributed by atoms with E-state index in [4.69, 9.17) is 4.99 Å². The van der Waals surface area contributed by atoms with Gasteiger partial charge in [0.05, 0.1) is 12.4 Å². The first kappa shape index (κ1) is 18.5. The second-order valence-electron chi connectivity index (χ2n) is 7.48. The van der Waals surface area contributed by atoms with E-state index in [1.54, 1.807) is 0 Å². The van der Waals surface area contributed by atoms with Crippen LogP contribution < -0.4 is 5.32 Å². The van der Waals surface area contributed by atoms with Crippen molar-refractivity contribution >= 4 is 29.9 Å². The first-order valence-electron chi connectivity index (χ1n) is 8.54. The molecule has 23 heavy (non-hydrogen) atoms. The number of halogens is 1. The number of hydrogen-bond acceptors (Lipinski definition) is 2. The van der Waals surface area contributed by atoms with E-state index >= 15 is 0 Å². The molecule has 0 radical (unpaired) electrons. The number of imidazole rings is 1. The van der Waals surface area contributed by atoms with Crippen molar-refractivity contribution in [2.24, 2.45) is 16.3 Å². The summed E-state index contributed by atoms with van der Waals surface area (Å²) in [4.78, 5) is 11.4. The molecule has 0 bridgehead atoms. The molecule has 3 rings (SSSR count). The largest absolute Gasteiger partial charge is 0.353 e. The number of hydrogen-bond donors (Lipinski definition) is 1. The maximum atomic E-state index is 4.74. The Bertz CT molecular complexity index is 525. The van der Waals surface area contributed by atoms with Gasteiger partial charge < -0.3 is 14.8 Å². The summed E-state index contributed by atoms with van der Waals surface area (Å²) < 4.78 is 2.25. The second kappa shape index (κ2) is 7.40. The Hall–Kier alpha value is -0.790. The van der Waals surface area contributed by atoms with Crippen LogP contribution in [0.2, 0.25) is 0 Å². The fourth-order valence-electron chi connectivity index (χ4n) is 3.35. The third-order valence-corrected chi connectivity index (χ3v) is 5.25. The standard InChI is InChI=1S/C17H29N5.HI/c1-5-19-16(20-15-10-17(15,3)4)21-8-6-13(2)14(11-21)22-9-7-18-12-22;/h7,9,12-15H,5-6,8,10-11H2,1-4H3,(H,19,20);1H. The summed E-state index contributed by atoms with van der Waals surface area (Å²) in [5, 5.41) is 3.68. The average molecular weight is 431 g/mol. The van der Waals surface area contributed by atoms with E-state index in [1.807, 2.05) is 12.5 Å². The number of aliphatic imine (C=N–C) groups is 1. The van der Waals surface area contributed by atoms with Crippen LogP contribution in [0.25, 0.3) is 0 Å². The summed E-state index contributed by atoms with van der Waals surface area (Å²) in [5.41, 5.74) is 0.418. The van der Waals surface area contributed by atoms with E-state index in [2.05, 4.69) is 53.7 Å². The zero-order valence-electron chi connectivity index (χ0n) is 14.7. The fourth-order valence-corrected chi connectivity index (χ4v) is 3.35. The lowest BCUT2D eigenvalue weighted by Crippen LogP contribution is -2.50. The molecular weight excluding hydrogens is 401 g/mol. The van der Waals surface area contributed by atoms with Crippen LogP contribution in [0.4, 0.5) is 0 Å². The first-order valence-corrected chi connectivity index (χ1v) is 8.54. The van der Waals surface area contributed by atoms with Gasteiger partial charge in [0.25, 0.3) is 0 Å². The SMILES string of the molecule is CCN=C(NC1CC1(C)C)N1CCC(C)C(n2ccnc2)C1.I. The Kier molecular flexibility index (Phi) is 5.97. The molecule has 0 amide bonds. The van der Waals surface area contributed by atoms with Gasteiger partial charge in [-0.1, -0.05) is 20.8 Å². The number of rotatable bonds is 3. The van der Waals surface area contributed by atoms with Crippen LogP contribution in [0.5, 0.6) is 0 Å². The van der Waals surface area contributed by atoms with E-state index in [1.165, 1.54) is 12.8 Å². The summed E-state index contributed by atoms with van der Waals surface area (Å²) in [7, 11) is 0. The molecule has 1 aliphatic carbocycles. The number of guanidine groups is 1. The van der Waals surface area contributed by atoms with Gasteiger partial charge >= 0.3 is 0 Å². The van der Waals surface area contributed by atoms with Crippen LogP contribution in [0.3, 0.4) is 0 Å². The van der Waals surface area contributed by atoms with Crippen molar-refractivity contribution in [1.29, 1.82) is 0 Å². The summed E-state index contributed by atoms with van der Waals surface area (Å²) >= 11 is 0. The Morgan fingerprint density at radius 2 is 2.17 bits per heavy atom. The lowest BCUT2D eigenvalue weighted by molar-refractivity contribution is 0.188. The summed E-state index contributed by atoms with van der Waals surface area (Å²) in [5.74, 6) is 1.76. The Balaban J connectivity index is 0.00000192. The molecule has 6 heteroatoms. The quantitative estimate of drug-likeness (QED) is 0.455. The van der Waals surface area contributed by atoms with E-state index in [0.717, 1.165) is 25.6 Å². The summed E-state index contributed by atoms with van der Waals surface area (Å²) in [6.45, 7) is 12.0. The molecule has 3 atom stereocenters. The van der Waals surface area contributed by atoms with Crippen molar-refractivity contribution in [3.05, 3.63) is 18.7 Å². The van der Waals surface area contributed by atoms with Crippen LogP contribution >= 0.6 is 24.0 Å². The van der Waals surface area contributed by atoms with Gasteiger partial charge in [0.2, 0.25) is 0 Å². The smallest absolute Gasteiger partial charge is 0.194 e. The van der Waals surface area contributed by atoms with E-state index < -0.39 is 0 Å². The molecule has 5 nitrogen and oxygen atoms in total. The van der Waals surface area contributed by atoms with Crippen molar-refractivity contribution < 1.29 is 0 Å². The highest BCUT2D eigenvalue weighted by Gasteiger charge is 2.46. The zero-order valence-corrected chi connectivity index (χ0v) is 17.0. The van der Waals surface area contributed by atoms with Crippen LogP contribution in [-0.2, 0) is 0 Å². The molecule has 1 N–H and O–H groups in total. The Morgan fingerprint density at radius 1 is 1.43 bits per heavy atom. The normalized spacial score (nSPS) is 29.8. The molecule has 0 spiro atoms. The van der Waals surface area contributed by atoms with Crippen molar-refractivity contribution in [1.82, 2.24) is 19.8 Å². The van der Waals surface area contributed by atoms with Crippen molar-refractivity contribution in [3.63, 3.8) is 0 Å². The highest BCUT2D eigenvalue weighted by molar-refractivity contribution is 14.0.